The average molecular weight is 271 g/mol. The van der Waals surface area contributed by atoms with Gasteiger partial charge in [-0.3, -0.25) is 0 Å². The summed E-state index contributed by atoms with van der Waals surface area (Å²) in [6.45, 7) is 0. The van der Waals surface area contributed by atoms with Crippen LogP contribution in [-0.2, 0) is 10.0 Å². The lowest BCUT2D eigenvalue weighted by Crippen LogP contribution is -2.12. The van der Waals surface area contributed by atoms with Crippen LogP contribution in [0.25, 0.3) is 0 Å². The quantitative estimate of drug-likeness (QED) is 0.845. The van der Waals surface area contributed by atoms with E-state index in [9.17, 15) is 8.42 Å². The predicted molar refractivity (Wildman–Crippen MR) is 50.5 cm³/mol. The van der Waals surface area contributed by atoms with Crippen LogP contribution in [0.15, 0.2) is 27.6 Å². The zero-order valence-electron chi connectivity index (χ0n) is 5.79. The van der Waals surface area contributed by atoms with Crippen LogP contribution in [0.5, 0.6) is 0 Å². The van der Waals surface area contributed by atoms with Crippen LogP contribution in [0.4, 0.5) is 0 Å². The minimum absolute atomic E-state index is 0.0708. The number of nitrogens with two attached hydrogens (primary N) is 1. The van der Waals surface area contributed by atoms with E-state index < -0.39 is 10.0 Å². The van der Waals surface area contributed by atoms with E-state index in [1.54, 1.807) is 6.07 Å². The smallest absolute Gasteiger partial charge is 0.225 e. The first-order valence-electron chi connectivity index (χ1n) is 2.89. The first kappa shape index (κ1) is 9.98. The van der Waals surface area contributed by atoms with Crippen molar-refractivity contribution >= 4 is 37.6 Å². The molecule has 2 N–H and O–H groups in total. The Morgan fingerprint density at radius 3 is 2.42 bits per heavy atom. The zero-order valence-corrected chi connectivity index (χ0v) is 8.95. The van der Waals surface area contributed by atoms with Crippen LogP contribution >= 0.6 is 27.5 Å². The van der Waals surface area contributed by atoms with Crippen LogP contribution < -0.4 is 5.14 Å². The Morgan fingerprint density at radius 1 is 1.42 bits per heavy atom. The molecule has 66 valence electrons. The molecular formula is C6H5BrClNO2S. The van der Waals surface area contributed by atoms with Crippen LogP contribution in [0.2, 0.25) is 5.02 Å². The summed E-state index contributed by atoms with van der Waals surface area (Å²) in [5, 5.41) is 5.02. The second-order valence-electron chi connectivity index (χ2n) is 2.12. The number of hydrogen-bond acceptors (Lipinski definition) is 2. The summed E-state index contributed by atoms with van der Waals surface area (Å²) in [7, 11) is -3.72. The Bertz CT molecular complexity index is 404. The summed E-state index contributed by atoms with van der Waals surface area (Å²) in [6.07, 6.45) is 0. The molecule has 0 aliphatic carbocycles. The molecule has 0 unspecified atom stereocenters. The van der Waals surface area contributed by atoms with E-state index in [2.05, 4.69) is 15.9 Å². The molecule has 0 spiro atoms. The molecule has 0 atom stereocenters. The monoisotopic (exact) mass is 269 g/mol. The Labute approximate surface area is 83.7 Å². The number of sulfonamides is 1. The largest absolute Gasteiger partial charge is 0.239 e. The molecule has 0 aliphatic rings. The van der Waals surface area contributed by atoms with Gasteiger partial charge in [0.05, 0.1) is 5.02 Å². The molecule has 0 aliphatic heterocycles. The van der Waals surface area contributed by atoms with Gasteiger partial charge in [0, 0.05) is 4.47 Å². The van der Waals surface area contributed by atoms with Crippen LogP contribution in [-0.4, -0.2) is 8.42 Å². The van der Waals surface area contributed by atoms with Gasteiger partial charge in [0.2, 0.25) is 10.0 Å². The Hall–Kier alpha value is -0.100. The highest BCUT2D eigenvalue weighted by Crippen LogP contribution is 2.23. The molecule has 0 saturated heterocycles. The molecule has 0 aromatic heterocycles. The highest BCUT2D eigenvalue weighted by molar-refractivity contribution is 9.10. The van der Waals surface area contributed by atoms with Crippen molar-refractivity contribution in [3.05, 3.63) is 27.7 Å². The molecule has 0 heterocycles. The van der Waals surface area contributed by atoms with Gasteiger partial charge in [0.15, 0.2) is 0 Å². The molecule has 6 heteroatoms. The third kappa shape index (κ3) is 2.20. The lowest BCUT2D eigenvalue weighted by Gasteiger charge is -2.00. The van der Waals surface area contributed by atoms with Crippen LogP contribution in [0, 0.1) is 0 Å². The fourth-order valence-corrected chi connectivity index (χ4v) is 2.28. The van der Waals surface area contributed by atoms with Crippen LogP contribution in [0.1, 0.15) is 0 Å². The lowest BCUT2D eigenvalue weighted by atomic mass is 10.4. The highest BCUT2D eigenvalue weighted by Gasteiger charge is 2.12. The van der Waals surface area contributed by atoms with Gasteiger partial charge in [-0.1, -0.05) is 27.5 Å². The third-order valence-corrected chi connectivity index (χ3v) is 3.09. The minimum atomic E-state index is -3.72. The van der Waals surface area contributed by atoms with Gasteiger partial charge in [-0.05, 0) is 18.2 Å². The Morgan fingerprint density at radius 2 is 2.00 bits per heavy atom. The molecule has 0 saturated carbocycles. The van der Waals surface area contributed by atoms with Crippen molar-refractivity contribution in [3.8, 4) is 0 Å². The van der Waals surface area contributed by atoms with Gasteiger partial charge in [-0.15, -0.1) is 0 Å². The van der Waals surface area contributed by atoms with Crippen LogP contribution in [0.3, 0.4) is 0 Å². The summed E-state index contributed by atoms with van der Waals surface area (Å²) in [6, 6.07) is 4.46. The van der Waals surface area contributed by atoms with E-state index in [0.717, 1.165) is 0 Å². The molecule has 0 amide bonds. The number of halogens is 2. The molecule has 12 heavy (non-hydrogen) atoms. The molecular weight excluding hydrogens is 265 g/mol. The van der Waals surface area contributed by atoms with Crippen molar-refractivity contribution in [2.45, 2.75) is 4.90 Å². The minimum Gasteiger partial charge on any atom is -0.225 e. The van der Waals surface area contributed by atoms with Crippen molar-refractivity contribution in [1.82, 2.24) is 0 Å². The van der Waals surface area contributed by atoms with Gasteiger partial charge in [-0.25, -0.2) is 13.6 Å². The predicted octanol–water partition coefficient (Wildman–Crippen LogP) is 1.75. The topological polar surface area (TPSA) is 60.2 Å². The number of benzene rings is 1. The van der Waals surface area contributed by atoms with Crippen molar-refractivity contribution < 1.29 is 8.42 Å². The van der Waals surface area contributed by atoms with E-state index in [0.29, 0.717) is 4.47 Å². The van der Waals surface area contributed by atoms with Crippen molar-refractivity contribution in [2.24, 2.45) is 5.14 Å². The molecule has 0 bridgehead atoms. The number of hydrogen-bond donors (Lipinski definition) is 1. The first-order chi connectivity index (χ1) is 5.41. The summed E-state index contributed by atoms with van der Waals surface area (Å²) in [4.78, 5) is -0.0708. The summed E-state index contributed by atoms with van der Waals surface area (Å²) in [5.41, 5.74) is 0. The van der Waals surface area contributed by atoms with Gasteiger partial charge < -0.3 is 0 Å². The van der Waals surface area contributed by atoms with Gasteiger partial charge in [0.25, 0.3) is 0 Å². The zero-order chi connectivity index (χ0) is 9.35. The molecule has 1 rings (SSSR count). The van der Waals surface area contributed by atoms with Crippen molar-refractivity contribution in [3.63, 3.8) is 0 Å². The Kier molecular flexibility index (Phi) is 2.77. The van der Waals surface area contributed by atoms with Gasteiger partial charge in [-0.2, -0.15) is 0 Å². The fourth-order valence-electron chi connectivity index (χ4n) is 0.695. The highest BCUT2D eigenvalue weighted by atomic mass is 79.9. The molecule has 0 radical (unpaired) electrons. The van der Waals surface area contributed by atoms with Crippen molar-refractivity contribution in [2.75, 3.05) is 0 Å². The fraction of sp³-hybridized carbons (Fsp3) is 0. The second-order valence-corrected chi connectivity index (χ2v) is 4.97. The normalized spacial score (nSPS) is 11.6. The van der Waals surface area contributed by atoms with Gasteiger partial charge >= 0.3 is 0 Å². The first-order valence-corrected chi connectivity index (χ1v) is 5.61. The molecule has 1 aromatic rings. The third-order valence-electron chi connectivity index (χ3n) is 1.20. The van der Waals surface area contributed by atoms with E-state index >= 15 is 0 Å². The van der Waals surface area contributed by atoms with E-state index in [-0.39, 0.29) is 9.92 Å². The maximum absolute atomic E-state index is 10.9. The van der Waals surface area contributed by atoms with Gasteiger partial charge in [0.1, 0.15) is 4.90 Å². The molecule has 1 aromatic carbocycles. The lowest BCUT2D eigenvalue weighted by molar-refractivity contribution is 0.598. The summed E-state index contributed by atoms with van der Waals surface area (Å²) >= 11 is 8.71. The van der Waals surface area contributed by atoms with Crippen molar-refractivity contribution in [1.29, 1.82) is 0 Å². The maximum atomic E-state index is 10.9. The second kappa shape index (κ2) is 3.33. The molecule has 3 nitrogen and oxygen atoms in total. The SMILES string of the molecule is NS(=O)(=O)c1cc(Br)ccc1Cl. The van der Waals surface area contributed by atoms with E-state index in [1.807, 2.05) is 0 Å². The van der Waals surface area contributed by atoms with E-state index in [4.69, 9.17) is 16.7 Å². The molecule has 0 fully saturated rings. The average Bonchev–Trinajstić information content (AvgIpc) is 1.92. The number of rotatable bonds is 1. The summed E-state index contributed by atoms with van der Waals surface area (Å²) in [5.74, 6) is 0. The summed E-state index contributed by atoms with van der Waals surface area (Å²) < 4.78 is 22.4. The maximum Gasteiger partial charge on any atom is 0.239 e. The Balaban J connectivity index is 3.43. The number of primary sulfonamides is 1. The van der Waals surface area contributed by atoms with E-state index in [1.165, 1.54) is 12.1 Å². The standard InChI is InChI=1S/C6H5BrClNO2S/c7-4-1-2-5(8)6(3-4)12(9,10)11/h1-3H,(H2,9,10,11).